The third-order valence-electron chi connectivity index (χ3n) is 4.03. The Kier molecular flexibility index (Phi) is 6.84. The summed E-state index contributed by atoms with van der Waals surface area (Å²) in [5, 5.41) is 6.78. The molecule has 150 valence electrons. The minimum atomic E-state index is -0.528. The van der Waals surface area contributed by atoms with Crippen molar-refractivity contribution >= 4 is 56.9 Å². The first kappa shape index (κ1) is 21.2. The van der Waals surface area contributed by atoms with Gasteiger partial charge in [0.1, 0.15) is 16.4 Å². The van der Waals surface area contributed by atoms with E-state index >= 15 is 0 Å². The number of carbonyl (C=O) groups is 1. The lowest BCUT2D eigenvalue weighted by molar-refractivity contribution is 0.0529. The molecule has 1 heterocycles. The average Bonchev–Trinajstić information content (AvgIpc) is 3.00. The summed E-state index contributed by atoms with van der Waals surface area (Å²) in [4.78, 5) is 13.6. The SMILES string of the molecule is CCOC(=O)c1c(NC(=S)Nc2ccc(Cl)cc2F)sc(C)c1-c1ccccc1. The maximum atomic E-state index is 14.0. The van der Waals surface area contributed by atoms with Crippen molar-refractivity contribution in [1.29, 1.82) is 0 Å². The van der Waals surface area contributed by atoms with Crippen LogP contribution in [-0.4, -0.2) is 17.7 Å². The molecule has 2 N–H and O–H groups in total. The summed E-state index contributed by atoms with van der Waals surface area (Å²) in [6, 6.07) is 13.8. The number of hydrogen-bond donors (Lipinski definition) is 2. The van der Waals surface area contributed by atoms with E-state index in [4.69, 9.17) is 28.6 Å². The fourth-order valence-electron chi connectivity index (χ4n) is 2.83. The quantitative estimate of drug-likeness (QED) is 0.344. The number of hydrogen-bond acceptors (Lipinski definition) is 4. The van der Waals surface area contributed by atoms with Crippen molar-refractivity contribution < 1.29 is 13.9 Å². The molecule has 3 rings (SSSR count). The fraction of sp³-hybridized carbons (Fsp3) is 0.143. The van der Waals surface area contributed by atoms with Gasteiger partial charge in [0.05, 0.1) is 12.3 Å². The van der Waals surface area contributed by atoms with Gasteiger partial charge in [0.15, 0.2) is 5.11 Å². The second-order valence-corrected chi connectivity index (χ2v) is 8.10. The fourth-order valence-corrected chi connectivity index (χ4v) is 4.33. The van der Waals surface area contributed by atoms with Gasteiger partial charge in [-0.15, -0.1) is 11.3 Å². The highest BCUT2D eigenvalue weighted by molar-refractivity contribution is 7.80. The van der Waals surface area contributed by atoms with Crippen LogP contribution in [0.5, 0.6) is 0 Å². The van der Waals surface area contributed by atoms with E-state index < -0.39 is 11.8 Å². The van der Waals surface area contributed by atoms with Gasteiger partial charge in [-0.1, -0.05) is 41.9 Å². The monoisotopic (exact) mass is 448 g/mol. The largest absolute Gasteiger partial charge is 0.462 e. The molecule has 0 bridgehead atoms. The van der Waals surface area contributed by atoms with Crippen LogP contribution in [0.15, 0.2) is 48.5 Å². The van der Waals surface area contributed by atoms with E-state index in [9.17, 15) is 9.18 Å². The van der Waals surface area contributed by atoms with Crippen LogP contribution in [-0.2, 0) is 4.74 Å². The van der Waals surface area contributed by atoms with Gasteiger partial charge >= 0.3 is 5.97 Å². The lowest BCUT2D eigenvalue weighted by atomic mass is 10.0. The number of aryl methyl sites for hydroxylation is 1. The Morgan fingerprint density at radius 2 is 1.93 bits per heavy atom. The van der Waals surface area contributed by atoms with E-state index in [2.05, 4.69) is 10.6 Å². The Morgan fingerprint density at radius 1 is 1.21 bits per heavy atom. The van der Waals surface area contributed by atoms with E-state index in [1.165, 1.54) is 23.5 Å². The highest BCUT2D eigenvalue weighted by Crippen LogP contribution is 2.40. The zero-order valence-corrected chi connectivity index (χ0v) is 18.1. The minimum absolute atomic E-state index is 0.151. The first-order chi connectivity index (χ1) is 13.9. The summed E-state index contributed by atoms with van der Waals surface area (Å²) in [5.41, 5.74) is 2.28. The Bertz CT molecular complexity index is 1050. The Morgan fingerprint density at radius 3 is 2.59 bits per heavy atom. The van der Waals surface area contributed by atoms with Gasteiger partial charge in [-0.2, -0.15) is 0 Å². The third kappa shape index (κ3) is 4.93. The van der Waals surface area contributed by atoms with Crippen molar-refractivity contribution in [2.24, 2.45) is 0 Å². The number of halogens is 2. The van der Waals surface area contributed by atoms with Crippen LogP contribution in [0.2, 0.25) is 5.02 Å². The molecule has 8 heteroatoms. The lowest BCUT2D eigenvalue weighted by Crippen LogP contribution is -2.21. The molecule has 0 amide bonds. The molecule has 4 nitrogen and oxygen atoms in total. The summed E-state index contributed by atoms with van der Waals surface area (Å²) in [7, 11) is 0. The van der Waals surface area contributed by atoms with Crippen molar-refractivity contribution in [3.05, 3.63) is 69.8 Å². The predicted molar refractivity (Wildman–Crippen MR) is 122 cm³/mol. The van der Waals surface area contributed by atoms with Crippen molar-refractivity contribution in [3.63, 3.8) is 0 Å². The van der Waals surface area contributed by atoms with Crippen molar-refractivity contribution in [1.82, 2.24) is 0 Å². The number of thiocarbonyl (C=S) groups is 1. The highest BCUT2D eigenvalue weighted by atomic mass is 35.5. The van der Waals surface area contributed by atoms with E-state index in [0.717, 1.165) is 16.0 Å². The van der Waals surface area contributed by atoms with Crippen LogP contribution in [0.3, 0.4) is 0 Å². The maximum Gasteiger partial charge on any atom is 0.341 e. The molecule has 0 saturated carbocycles. The van der Waals surface area contributed by atoms with Crippen LogP contribution in [0, 0.1) is 12.7 Å². The van der Waals surface area contributed by atoms with E-state index in [1.807, 2.05) is 37.3 Å². The zero-order chi connectivity index (χ0) is 21.0. The van der Waals surface area contributed by atoms with Crippen molar-refractivity contribution in [2.75, 3.05) is 17.2 Å². The number of esters is 1. The maximum absolute atomic E-state index is 14.0. The molecule has 0 atom stereocenters. The Balaban J connectivity index is 1.94. The summed E-state index contributed by atoms with van der Waals surface area (Å²) in [5.74, 6) is -0.974. The summed E-state index contributed by atoms with van der Waals surface area (Å²) < 4.78 is 19.3. The van der Waals surface area contributed by atoms with Gasteiger partial charge in [-0.3, -0.25) is 0 Å². The average molecular weight is 449 g/mol. The Hall–Kier alpha value is -2.48. The van der Waals surface area contributed by atoms with E-state index in [-0.39, 0.29) is 22.4 Å². The molecule has 1 aromatic heterocycles. The van der Waals surface area contributed by atoms with E-state index in [0.29, 0.717) is 10.6 Å². The predicted octanol–water partition coefficient (Wildman–Crippen LogP) is 6.50. The number of carbonyl (C=O) groups excluding carboxylic acids is 1. The second kappa shape index (κ2) is 9.35. The van der Waals surface area contributed by atoms with Crippen molar-refractivity contribution in [3.8, 4) is 11.1 Å². The van der Waals surface area contributed by atoms with Crippen molar-refractivity contribution in [2.45, 2.75) is 13.8 Å². The molecular weight excluding hydrogens is 431 g/mol. The van der Waals surface area contributed by atoms with Gasteiger partial charge in [0.25, 0.3) is 0 Å². The van der Waals surface area contributed by atoms with Gasteiger partial charge in [-0.25, -0.2) is 9.18 Å². The smallest absolute Gasteiger partial charge is 0.341 e. The molecule has 0 unspecified atom stereocenters. The Labute approximate surface area is 182 Å². The lowest BCUT2D eigenvalue weighted by Gasteiger charge is -2.12. The number of nitrogens with one attached hydrogen (secondary N) is 2. The second-order valence-electron chi connectivity index (χ2n) is 6.03. The molecule has 0 aliphatic carbocycles. The number of thiophene rings is 1. The summed E-state index contributed by atoms with van der Waals surface area (Å²) in [6.45, 7) is 3.93. The number of benzene rings is 2. The molecular formula is C21H18ClFN2O2S2. The number of ether oxygens (including phenoxy) is 1. The number of anilines is 2. The third-order valence-corrected chi connectivity index (χ3v) is 5.49. The van der Waals surface area contributed by atoms with Gasteiger partial charge in [0.2, 0.25) is 0 Å². The zero-order valence-electron chi connectivity index (χ0n) is 15.7. The molecule has 0 radical (unpaired) electrons. The molecule has 0 aliphatic rings. The summed E-state index contributed by atoms with van der Waals surface area (Å²) in [6.07, 6.45) is 0. The molecule has 0 saturated heterocycles. The molecule has 0 spiro atoms. The molecule has 29 heavy (non-hydrogen) atoms. The number of rotatable bonds is 5. The normalized spacial score (nSPS) is 10.5. The standard InChI is InChI=1S/C21H18ClFN2O2S2/c1-3-27-20(26)18-17(13-7-5-4-6-8-13)12(2)29-19(18)25-21(28)24-16-10-9-14(22)11-15(16)23/h4-11H,3H2,1-2H3,(H2,24,25,28). The molecule has 0 fully saturated rings. The van der Waals surface area contributed by atoms with Crippen LogP contribution < -0.4 is 10.6 Å². The molecule has 3 aromatic rings. The van der Waals surface area contributed by atoms with Crippen LogP contribution in [0.25, 0.3) is 11.1 Å². The highest BCUT2D eigenvalue weighted by Gasteiger charge is 2.25. The first-order valence-electron chi connectivity index (χ1n) is 8.79. The van der Waals surface area contributed by atoms with Crippen LogP contribution >= 0.6 is 35.2 Å². The van der Waals surface area contributed by atoms with Gasteiger partial charge in [-0.05, 0) is 49.8 Å². The van der Waals surface area contributed by atoms with Crippen LogP contribution in [0.4, 0.5) is 15.1 Å². The van der Waals surface area contributed by atoms with Gasteiger partial charge < -0.3 is 15.4 Å². The topological polar surface area (TPSA) is 50.4 Å². The van der Waals surface area contributed by atoms with Crippen LogP contribution in [0.1, 0.15) is 22.2 Å². The molecule has 2 aromatic carbocycles. The first-order valence-corrected chi connectivity index (χ1v) is 10.4. The minimum Gasteiger partial charge on any atom is -0.462 e. The van der Waals surface area contributed by atoms with E-state index in [1.54, 1.807) is 13.0 Å². The summed E-state index contributed by atoms with van der Waals surface area (Å²) >= 11 is 12.5. The van der Waals surface area contributed by atoms with Gasteiger partial charge in [0, 0.05) is 15.5 Å². The molecule has 0 aliphatic heterocycles.